The maximum Gasteiger partial charge on any atom is 0.242 e. The number of hydrogen-bond acceptors (Lipinski definition) is 5. The third-order valence-electron chi connectivity index (χ3n) is 3.87. The second kappa shape index (κ2) is 6.58. The summed E-state index contributed by atoms with van der Waals surface area (Å²) in [5, 5.41) is 5.37. The molecule has 118 valence electrons. The van der Waals surface area contributed by atoms with E-state index >= 15 is 0 Å². The number of aryl methyl sites for hydroxylation is 1. The van der Waals surface area contributed by atoms with E-state index in [2.05, 4.69) is 10.0 Å². The molecule has 1 saturated heterocycles. The van der Waals surface area contributed by atoms with Gasteiger partial charge >= 0.3 is 0 Å². The molecule has 3 rings (SSSR count). The van der Waals surface area contributed by atoms with Gasteiger partial charge in [-0.1, -0.05) is 0 Å². The molecule has 2 aliphatic rings. The first kappa shape index (κ1) is 15.8. The maximum atomic E-state index is 12.7. The van der Waals surface area contributed by atoms with Crippen molar-refractivity contribution in [1.82, 2.24) is 10.0 Å². The van der Waals surface area contributed by atoms with Gasteiger partial charge in [-0.15, -0.1) is 11.3 Å². The van der Waals surface area contributed by atoms with Crippen molar-refractivity contribution in [2.75, 3.05) is 11.5 Å². The molecule has 0 radical (unpaired) electrons. The van der Waals surface area contributed by atoms with E-state index in [1.165, 1.54) is 12.8 Å². The highest BCUT2D eigenvalue weighted by molar-refractivity contribution is 7.99. The molecule has 0 amide bonds. The Balaban J connectivity index is 1.74. The van der Waals surface area contributed by atoms with Crippen LogP contribution >= 0.6 is 23.1 Å². The highest BCUT2D eigenvalue weighted by Gasteiger charge is 2.28. The number of hydrogen-bond donors (Lipinski definition) is 2. The van der Waals surface area contributed by atoms with E-state index in [4.69, 9.17) is 0 Å². The summed E-state index contributed by atoms with van der Waals surface area (Å²) >= 11 is 3.38. The van der Waals surface area contributed by atoms with Crippen LogP contribution in [0.25, 0.3) is 0 Å². The minimum atomic E-state index is -3.40. The first-order valence-electron chi connectivity index (χ1n) is 7.46. The van der Waals surface area contributed by atoms with Crippen LogP contribution in [0.2, 0.25) is 0 Å². The number of thioether (sulfide) groups is 1. The summed E-state index contributed by atoms with van der Waals surface area (Å²) in [6.07, 6.45) is 4.47. The average molecular weight is 347 g/mol. The SMILES string of the molecule is Cc1csc(CNC2CC2)c1S(=O)(=O)NC1CCCSC1. The van der Waals surface area contributed by atoms with Crippen LogP contribution in [0.5, 0.6) is 0 Å². The van der Waals surface area contributed by atoms with Crippen molar-refractivity contribution >= 4 is 33.1 Å². The van der Waals surface area contributed by atoms with Gasteiger partial charge < -0.3 is 5.32 Å². The summed E-state index contributed by atoms with van der Waals surface area (Å²) in [5.41, 5.74) is 0.864. The second-order valence-electron chi connectivity index (χ2n) is 5.86. The number of sulfonamides is 1. The summed E-state index contributed by atoms with van der Waals surface area (Å²) < 4.78 is 28.4. The second-order valence-corrected chi connectivity index (χ2v) is 9.63. The van der Waals surface area contributed by atoms with Crippen LogP contribution in [-0.2, 0) is 16.6 Å². The Hall–Kier alpha value is -0.0800. The Labute approximate surface area is 135 Å². The van der Waals surface area contributed by atoms with Crippen LogP contribution < -0.4 is 10.0 Å². The standard InChI is InChI=1S/C14H22N2O2S3/c1-10-8-20-13(7-15-11-4-5-11)14(10)21(17,18)16-12-3-2-6-19-9-12/h8,11-12,15-16H,2-7,9H2,1H3. The van der Waals surface area contributed by atoms with E-state index < -0.39 is 10.0 Å². The van der Waals surface area contributed by atoms with Gasteiger partial charge in [0.25, 0.3) is 0 Å². The molecule has 1 aromatic rings. The van der Waals surface area contributed by atoms with Gasteiger partial charge in [0.2, 0.25) is 10.0 Å². The van der Waals surface area contributed by atoms with Crippen LogP contribution in [0.15, 0.2) is 10.3 Å². The molecule has 2 fully saturated rings. The summed E-state index contributed by atoms with van der Waals surface area (Å²) in [5.74, 6) is 2.03. The lowest BCUT2D eigenvalue weighted by atomic mass is 10.2. The molecule has 2 heterocycles. The molecule has 21 heavy (non-hydrogen) atoms. The van der Waals surface area contributed by atoms with Crippen molar-refractivity contribution in [1.29, 1.82) is 0 Å². The van der Waals surface area contributed by atoms with Crippen molar-refractivity contribution in [3.8, 4) is 0 Å². The van der Waals surface area contributed by atoms with Crippen LogP contribution in [0.4, 0.5) is 0 Å². The molecule has 0 aromatic carbocycles. The maximum absolute atomic E-state index is 12.7. The zero-order chi connectivity index (χ0) is 14.9. The third kappa shape index (κ3) is 4.01. The van der Waals surface area contributed by atoms with E-state index in [1.54, 1.807) is 11.3 Å². The van der Waals surface area contributed by atoms with E-state index in [-0.39, 0.29) is 6.04 Å². The molecule has 0 spiro atoms. The smallest absolute Gasteiger partial charge is 0.242 e. The van der Waals surface area contributed by atoms with Crippen LogP contribution in [0.3, 0.4) is 0 Å². The molecular weight excluding hydrogens is 324 g/mol. The fraction of sp³-hybridized carbons (Fsp3) is 0.714. The zero-order valence-electron chi connectivity index (χ0n) is 12.2. The van der Waals surface area contributed by atoms with E-state index in [1.807, 2.05) is 24.1 Å². The quantitative estimate of drug-likeness (QED) is 0.831. The average Bonchev–Trinajstić information content (AvgIpc) is 3.19. The predicted octanol–water partition coefficient (Wildman–Crippen LogP) is 2.48. The Morgan fingerprint density at radius 3 is 2.76 bits per heavy atom. The molecule has 0 bridgehead atoms. The topological polar surface area (TPSA) is 58.2 Å². The van der Waals surface area contributed by atoms with Crippen LogP contribution in [0, 0.1) is 6.92 Å². The summed E-state index contributed by atoms with van der Waals surface area (Å²) in [7, 11) is -3.40. The largest absolute Gasteiger partial charge is 0.309 e. The monoisotopic (exact) mass is 346 g/mol. The minimum Gasteiger partial charge on any atom is -0.309 e. The first-order chi connectivity index (χ1) is 10.1. The Morgan fingerprint density at radius 2 is 2.10 bits per heavy atom. The van der Waals surface area contributed by atoms with Crippen molar-refractivity contribution in [3.63, 3.8) is 0 Å². The minimum absolute atomic E-state index is 0.0808. The van der Waals surface area contributed by atoms with Crippen molar-refractivity contribution in [2.45, 2.75) is 56.1 Å². The third-order valence-corrected chi connectivity index (χ3v) is 8.07. The molecule has 1 atom stereocenters. The Kier molecular flexibility index (Phi) is 4.95. The fourth-order valence-electron chi connectivity index (χ4n) is 2.61. The van der Waals surface area contributed by atoms with Crippen molar-refractivity contribution in [2.24, 2.45) is 0 Å². The van der Waals surface area contributed by atoms with Gasteiger partial charge in [-0.2, -0.15) is 11.8 Å². The molecule has 1 aliphatic heterocycles. The van der Waals surface area contributed by atoms with E-state index in [0.717, 1.165) is 34.8 Å². The van der Waals surface area contributed by atoms with Gasteiger partial charge in [0, 0.05) is 29.3 Å². The molecule has 1 aliphatic carbocycles. The van der Waals surface area contributed by atoms with Gasteiger partial charge in [0.05, 0.1) is 0 Å². The Morgan fingerprint density at radius 1 is 1.29 bits per heavy atom. The van der Waals surface area contributed by atoms with Gasteiger partial charge in [-0.25, -0.2) is 13.1 Å². The normalized spacial score (nSPS) is 23.4. The molecule has 2 N–H and O–H groups in total. The number of rotatable bonds is 6. The molecule has 1 aromatic heterocycles. The molecule has 1 unspecified atom stereocenters. The number of thiophene rings is 1. The Bertz CT molecular complexity index is 587. The van der Waals surface area contributed by atoms with Gasteiger partial charge in [-0.3, -0.25) is 0 Å². The van der Waals surface area contributed by atoms with Crippen molar-refractivity contribution < 1.29 is 8.42 Å². The predicted molar refractivity (Wildman–Crippen MR) is 89.6 cm³/mol. The van der Waals surface area contributed by atoms with Gasteiger partial charge in [-0.05, 0) is 49.3 Å². The first-order valence-corrected chi connectivity index (χ1v) is 11.0. The molecule has 4 nitrogen and oxygen atoms in total. The van der Waals surface area contributed by atoms with Gasteiger partial charge in [0.15, 0.2) is 0 Å². The van der Waals surface area contributed by atoms with Gasteiger partial charge in [0.1, 0.15) is 4.90 Å². The van der Waals surface area contributed by atoms with E-state index in [0.29, 0.717) is 17.5 Å². The highest BCUT2D eigenvalue weighted by Crippen LogP contribution is 2.29. The number of nitrogens with one attached hydrogen (secondary N) is 2. The summed E-state index contributed by atoms with van der Waals surface area (Å²) in [4.78, 5) is 1.45. The lowest BCUT2D eigenvalue weighted by Gasteiger charge is -2.22. The van der Waals surface area contributed by atoms with Crippen LogP contribution in [-0.4, -0.2) is 32.0 Å². The highest BCUT2D eigenvalue weighted by atomic mass is 32.2. The molecule has 1 saturated carbocycles. The van der Waals surface area contributed by atoms with Crippen molar-refractivity contribution in [3.05, 3.63) is 15.8 Å². The molecular formula is C14H22N2O2S3. The zero-order valence-corrected chi connectivity index (χ0v) is 14.7. The lowest BCUT2D eigenvalue weighted by molar-refractivity contribution is 0.541. The van der Waals surface area contributed by atoms with Crippen LogP contribution in [0.1, 0.15) is 36.1 Å². The fourth-order valence-corrected chi connectivity index (χ4v) is 6.82. The lowest BCUT2D eigenvalue weighted by Crippen LogP contribution is -2.38. The van der Waals surface area contributed by atoms with E-state index in [9.17, 15) is 8.42 Å². The molecule has 7 heteroatoms. The summed E-state index contributed by atoms with van der Waals surface area (Å²) in [6, 6.07) is 0.669. The summed E-state index contributed by atoms with van der Waals surface area (Å²) in [6.45, 7) is 2.56.